The van der Waals surface area contributed by atoms with Crippen molar-refractivity contribution in [1.29, 1.82) is 0 Å². The predicted molar refractivity (Wildman–Crippen MR) is 157 cm³/mol. The van der Waals surface area contributed by atoms with Gasteiger partial charge in [0.15, 0.2) is 11.5 Å². The average Bonchev–Trinajstić information content (AvgIpc) is 3.53. The standard InChI is InChI=1S/C33H37N3O3/c1-4-12-24-17-18-30(31(21-24)38-3)39-20-11-10-19-35-29-16-9-7-14-27(29)34-33(35)26-22-32(37)36(23-26)28-15-8-6-13-25(28)5-2/h4,6-9,13-18,21,26H,1,5,10-12,19-20,22-23H2,2-3H3. The summed E-state index contributed by atoms with van der Waals surface area (Å²) in [6.45, 7) is 8.02. The van der Waals surface area contributed by atoms with Crippen molar-refractivity contribution >= 4 is 22.6 Å². The number of aryl methyl sites for hydroxylation is 2. The fraction of sp³-hybridized carbons (Fsp3) is 0.333. The fourth-order valence-electron chi connectivity index (χ4n) is 5.51. The zero-order valence-corrected chi connectivity index (χ0v) is 22.9. The molecule has 1 atom stereocenters. The molecule has 4 aromatic rings. The van der Waals surface area contributed by atoms with E-state index in [0.29, 0.717) is 19.6 Å². The number of hydrogen-bond acceptors (Lipinski definition) is 4. The van der Waals surface area contributed by atoms with Crippen LogP contribution in [0.15, 0.2) is 79.4 Å². The highest BCUT2D eigenvalue weighted by molar-refractivity contribution is 5.97. The Balaban J connectivity index is 1.27. The lowest BCUT2D eigenvalue weighted by Gasteiger charge is -2.20. The molecule has 6 heteroatoms. The molecule has 39 heavy (non-hydrogen) atoms. The van der Waals surface area contributed by atoms with Gasteiger partial charge in [0, 0.05) is 31.1 Å². The summed E-state index contributed by atoms with van der Waals surface area (Å²) in [5.74, 6) is 2.74. The molecule has 0 saturated carbocycles. The van der Waals surface area contributed by atoms with Crippen LogP contribution in [0.5, 0.6) is 11.5 Å². The van der Waals surface area contributed by atoms with Gasteiger partial charge < -0.3 is 18.9 Å². The van der Waals surface area contributed by atoms with Gasteiger partial charge in [-0.15, -0.1) is 6.58 Å². The van der Waals surface area contributed by atoms with Gasteiger partial charge in [0.2, 0.25) is 5.91 Å². The second-order valence-corrected chi connectivity index (χ2v) is 10.0. The van der Waals surface area contributed by atoms with Gasteiger partial charge in [-0.2, -0.15) is 0 Å². The van der Waals surface area contributed by atoms with Crippen molar-refractivity contribution in [2.45, 2.75) is 51.5 Å². The number of benzene rings is 3. The van der Waals surface area contributed by atoms with Crippen molar-refractivity contribution in [2.24, 2.45) is 0 Å². The number of methoxy groups -OCH3 is 1. The van der Waals surface area contributed by atoms with E-state index in [1.54, 1.807) is 7.11 Å². The second kappa shape index (κ2) is 12.2. The lowest BCUT2D eigenvalue weighted by molar-refractivity contribution is -0.117. The molecule has 1 amide bonds. The molecule has 1 aliphatic rings. The summed E-state index contributed by atoms with van der Waals surface area (Å²) in [6.07, 6.45) is 5.89. The van der Waals surface area contributed by atoms with Crippen molar-refractivity contribution in [3.63, 3.8) is 0 Å². The molecular weight excluding hydrogens is 486 g/mol. The molecular formula is C33H37N3O3. The number of fused-ring (bicyclic) bond motifs is 1. The predicted octanol–water partition coefficient (Wildman–Crippen LogP) is 6.72. The first kappa shape index (κ1) is 26.5. The number of unbranched alkanes of at least 4 members (excludes halogenated alkanes) is 1. The maximum atomic E-state index is 13.2. The van der Waals surface area contributed by atoms with Gasteiger partial charge in [0.25, 0.3) is 0 Å². The third-order valence-corrected chi connectivity index (χ3v) is 7.48. The van der Waals surface area contributed by atoms with E-state index in [2.05, 4.69) is 54.5 Å². The molecule has 0 spiro atoms. The van der Waals surface area contributed by atoms with E-state index >= 15 is 0 Å². The molecule has 0 radical (unpaired) electrons. The highest BCUT2D eigenvalue weighted by Gasteiger charge is 2.35. The molecule has 1 aliphatic heterocycles. The van der Waals surface area contributed by atoms with Crippen molar-refractivity contribution in [3.8, 4) is 11.5 Å². The third-order valence-electron chi connectivity index (χ3n) is 7.48. The molecule has 202 valence electrons. The second-order valence-electron chi connectivity index (χ2n) is 10.0. The van der Waals surface area contributed by atoms with E-state index < -0.39 is 0 Å². The monoisotopic (exact) mass is 523 g/mol. The summed E-state index contributed by atoms with van der Waals surface area (Å²) in [5.41, 5.74) is 5.48. The maximum absolute atomic E-state index is 13.2. The Morgan fingerprint density at radius 3 is 2.69 bits per heavy atom. The van der Waals surface area contributed by atoms with Crippen LogP contribution in [0.3, 0.4) is 0 Å². The quantitative estimate of drug-likeness (QED) is 0.153. The van der Waals surface area contributed by atoms with Crippen molar-refractivity contribution < 1.29 is 14.3 Å². The van der Waals surface area contributed by atoms with E-state index in [1.165, 1.54) is 5.56 Å². The zero-order chi connectivity index (χ0) is 27.2. The van der Waals surface area contributed by atoms with E-state index in [0.717, 1.165) is 71.8 Å². The lowest BCUT2D eigenvalue weighted by atomic mass is 10.1. The molecule has 0 N–H and O–H groups in total. The number of anilines is 1. The van der Waals surface area contributed by atoms with Crippen LogP contribution in [0, 0.1) is 0 Å². The number of hydrogen-bond donors (Lipinski definition) is 0. The van der Waals surface area contributed by atoms with E-state index in [1.807, 2.05) is 41.3 Å². The summed E-state index contributed by atoms with van der Waals surface area (Å²) in [7, 11) is 1.67. The SMILES string of the molecule is C=CCc1ccc(OCCCCn2c(C3CC(=O)N(c4ccccc4CC)C3)nc3ccccc32)c(OC)c1. The van der Waals surface area contributed by atoms with Gasteiger partial charge in [0.05, 0.1) is 24.8 Å². The van der Waals surface area contributed by atoms with Gasteiger partial charge in [-0.3, -0.25) is 4.79 Å². The van der Waals surface area contributed by atoms with Gasteiger partial charge in [0.1, 0.15) is 5.82 Å². The van der Waals surface area contributed by atoms with E-state index in [-0.39, 0.29) is 11.8 Å². The Bertz CT molecular complexity index is 1460. The van der Waals surface area contributed by atoms with Gasteiger partial charge >= 0.3 is 0 Å². The largest absolute Gasteiger partial charge is 0.493 e. The number of rotatable bonds is 12. The molecule has 1 unspecified atom stereocenters. The summed E-state index contributed by atoms with van der Waals surface area (Å²) in [5, 5.41) is 0. The minimum Gasteiger partial charge on any atom is -0.493 e. The Labute approximate surface area is 230 Å². The van der Waals surface area contributed by atoms with Crippen LogP contribution in [-0.4, -0.2) is 35.7 Å². The molecule has 2 heterocycles. The number of amides is 1. The Hall–Kier alpha value is -4.06. The van der Waals surface area contributed by atoms with Gasteiger partial charge in [-0.1, -0.05) is 49.4 Å². The van der Waals surface area contributed by atoms with Crippen LogP contribution in [-0.2, 0) is 24.2 Å². The van der Waals surface area contributed by atoms with Crippen LogP contribution >= 0.6 is 0 Å². The average molecular weight is 524 g/mol. The Morgan fingerprint density at radius 1 is 1.05 bits per heavy atom. The fourth-order valence-corrected chi connectivity index (χ4v) is 5.51. The van der Waals surface area contributed by atoms with Crippen molar-refractivity contribution in [1.82, 2.24) is 9.55 Å². The molecule has 0 bridgehead atoms. The van der Waals surface area contributed by atoms with Crippen molar-refractivity contribution in [3.05, 3.63) is 96.3 Å². The highest BCUT2D eigenvalue weighted by atomic mass is 16.5. The third kappa shape index (κ3) is 5.70. The number of carbonyl (C=O) groups is 1. The van der Waals surface area contributed by atoms with Crippen LogP contribution in [0.25, 0.3) is 11.0 Å². The number of nitrogens with zero attached hydrogens (tertiary/aromatic N) is 3. The van der Waals surface area contributed by atoms with Crippen LogP contribution in [0.4, 0.5) is 5.69 Å². The first-order valence-corrected chi connectivity index (χ1v) is 13.9. The van der Waals surface area contributed by atoms with E-state index in [9.17, 15) is 4.79 Å². The number of aromatic nitrogens is 2. The highest BCUT2D eigenvalue weighted by Crippen LogP contribution is 2.35. The van der Waals surface area contributed by atoms with Crippen LogP contribution in [0.2, 0.25) is 0 Å². The topological polar surface area (TPSA) is 56.6 Å². The normalized spacial score (nSPS) is 15.2. The molecule has 0 aliphatic carbocycles. The first-order valence-electron chi connectivity index (χ1n) is 13.9. The summed E-state index contributed by atoms with van der Waals surface area (Å²) < 4.78 is 13.9. The summed E-state index contributed by atoms with van der Waals surface area (Å²) >= 11 is 0. The molecule has 6 nitrogen and oxygen atoms in total. The number of ether oxygens (including phenoxy) is 2. The molecule has 1 saturated heterocycles. The first-order chi connectivity index (χ1) is 19.1. The number of carbonyl (C=O) groups excluding carboxylic acids is 1. The minimum absolute atomic E-state index is 0.0596. The number of para-hydroxylation sites is 3. The van der Waals surface area contributed by atoms with Crippen molar-refractivity contribution in [2.75, 3.05) is 25.2 Å². The zero-order valence-electron chi connectivity index (χ0n) is 22.9. The van der Waals surface area contributed by atoms with Gasteiger partial charge in [-0.25, -0.2) is 4.98 Å². The summed E-state index contributed by atoms with van der Waals surface area (Å²) in [4.78, 5) is 20.1. The number of imidazole rings is 1. The van der Waals surface area contributed by atoms with Crippen LogP contribution < -0.4 is 14.4 Å². The molecule has 1 aromatic heterocycles. The van der Waals surface area contributed by atoms with E-state index in [4.69, 9.17) is 14.5 Å². The van der Waals surface area contributed by atoms with Crippen LogP contribution in [0.1, 0.15) is 49.1 Å². The maximum Gasteiger partial charge on any atom is 0.227 e. The minimum atomic E-state index is 0.0596. The van der Waals surface area contributed by atoms with Gasteiger partial charge in [-0.05, 0) is 67.1 Å². The molecule has 5 rings (SSSR count). The lowest BCUT2D eigenvalue weighted by Crippen LogP contribution is -2.25. The Kier molecular flexibility index (Phi) is 8.30. The number of allylic oxidation sites excluding steroid dienone is 1. The smallest absolute Gasteiger partial charge is 0.227 e. The summed E-state index contributed by atoms with van der Waals surface area (Å²) in [6, 6.07) is 22.5. The molecule has 1 fully saturated rings. The molecule has 3 aromatic carbocycles. The Morgan fingerprint density at radius 2 is 1.87 bits per heavy atom.